The fraction of sp³-hybridized carbons (Fsp3) is 1.00. The zero-order valence-electron chi connectivity index (χ0n) is 12.4. The summed E-state index contributed by atoms with van der Waals surface area (Å²) in [5.41, 5.74) is 0.414. The van der Waals surface area contributed by atoms with Gasteiger partial charge in [-0.2, -0.15) is 0 Å². The van der Waals surface area contributed by atoms with E-state index in [1.165, 1.54) is 51.7 Å². The summed E-state index contributed by atoms with van der Waals surface area (Å²) in [7, 11) is 1.83. The van der Waals surface area contributed by atoms with Gasteiger partial charge in [-0.15, -0.1) is 0 Å². The van der Waals surface area contributed by atoms with Crippen LogP contribution in [0, 0.1) is 5.92 Å². The van der Waals surface area contributed by atoms with E-state index < -0.39 is 0 Å². The van der Waals surface area contributed by atoms with Crippen LogP contribution in [0.2, 0.25) is 0 Å². The molecule has 3 heteroatoms. The van der Waals surface area contributed by atoms with Crippen molar-refractivity contribution in [2.75, 3.05) is 33.4 Å². The second-order valence-electron chi connectivity index (χ2n) is 6.50. The topological polar surface area (TPSA) is 24.5 Å². The Hall–Kier alpha value is -0.120. The number of nitrogens with one attached hydrogen (secondary N) is 1. The average Bonchev–Trinajstić information content (AvgIpc) is 2.68. The molecule has 1 aliphatic carbocycles. The van der Waals surface area contributed by atoms with Gasteiger partial charge in [-0.3, -0.25) is 4.90 Å². The lowest BCUT2D eigenvalue weighted by molar-refractivity contribution is 0.0526. The number of hydrogen-bond acceptors (Lipinski definition) is 3. The molecule has 1 saturated carbocycles. The molecule has 2 rings (SSSR count). The molecular formula is C15H30N2O. The zero-order valence-corrected chi connectivity index (χ0v) is 12.4. The summed E-state index contributed by atoms with van der Waals surface area (Å²) in [5.74, 6) is 0.668. The molecule has 0 aromatic carbocycles. The number of nitrogens with zero attached hydrogens (tertiary/aromatic N) is 1. The molecule has 0 aromatic heterocycles. The number of ether oxygens (including phenoxy) is 1. The first-order valence-electron chi connectivity index (χ1n) is 7.65. The van der Waals surface area contributed by atoms with Crippen LogP contribution in [0.5, 0.6) is 0 Å². The maximum Gasteiger partial charge on any atom is 0.0620 e. The Morgan fingerprint density at radius 2 is 1.94 bits per heavy atom. The van der Waals surface area contributed by atoms with Crippen molar-refractivity contribution in [3.05, 3.63) is 0 Å². The zero-order chi connectivity index (χ0) is 13.0. The summed E-state index contributed by atoms with van der Waals surface area (Å²) in [5, 5.41) is 3.84. The number of methoxy groups -OCH3 is 1. The Kier molecular flexibility index (Phi) is 5.05. The summed E-state index contributed by atoms with van der Waals surface area (Å²) in [6.07, 6.45) is 6.80. The van der Waals surface area contributed by atoms with Crippen LogP contribution in [0.15, 0.2) is 0 Å². The molecule has 0 aromatic rings. The van der Waals surface area contributed by atoms with Gasteiger partial charge in [0.05, 0.1) is 6.61 Å². The lowest BCUT2D eigenvalue weighted by Crippen LogP contribution is -2.53. The Bertz CT molecular complexity index is 249. The summed E-state index contributed by atoms with van der Waals surface area (Å²) >= 11 is 0. The molecule has 1 N–H and O–H groups in total. The van der Waals surface area contributed by atoms with Crippen molar-refractivity contribution in [2.24, 2.45) is 5.92 Å². The molecular weight excluding hydrogens is 224 g/mol. The van der Waals surface area contributed by atoms with Crippen LogP contribution in [0.1, 0.15) is 46.0 Å². The van der Waals surface area contributed by atoms with Crippen LogP contribution in [0.3, 0.4) is 0 Å². The van der Waals surface area contributed by atoms with Crippen molar-refractivity contribution in [1.82, 2.24) is 10.2 Å². The van der Waals surface area contributed by atoms with E-state index in [-0.39, 0.29) is 0 Å². The van der Waals surface area contributed by atoms with Crippen LogP contribution >= 0.6 is 0 Å². The molecule has 1 unspecified atom stereocenters. The molecule has 1 aliphatic heterocycles. The fourth-order valence-corrected chi connectivity index (χ4v) is 3.72. The molecule has 18 heavy (non-hydrogen) atoms. The molecule has 1 spiro atoms. The normalized spacial score (nSPS) is 26.7. The van der Waals surface area contributed by atoms with Crippen molar-refractivity contribution in [3.8, 4) is 0 Å². The van der Waals surface area contributed by atoms with Crippen LogP contribution in [-0.2, 0) is 4.74 Å². The van der Waals surface area contributed by atoms with Gasteiger partial charge in [-0.25, -0.2) is 0 Å². The fourth-order valence-electron chi connectivity index (χ4n) is 3.72. The minimum atomic E-state index is 0.414. The van der Waals surface area contributed by atoms with E-state index in [9.17, 15) is 0 Å². The van der Waals surface area contributed by atoms with E-state index in [1.807, 2.05) is 7.11 Å². The highest BCUT2D eigenvalue weighted by Gasteiger charge is 2.38. The largest absolute Gasteiger partial charge is 0.383 e. The molecule has 1 saturated heterocycles. The second kappa shape index (κ2) is 6.36. The van der Waals surface area contributed by atoms with Gasteiger partial charge in [0.25, 0.3) is 0 Å². The highest BCUT2D eigenvalue weighted by atomic mass is 16.5. The van der Waals surface area contributed by atoms with Crippen LogP contribution < -0.4 is 5.32 Å². The van der Waals surface area contributed by atoms with Gasteiger partial charge in [0.15, 0.2) is 0 Å². The predicted octanol–water partition coefficient (Wildman–Crippen LogP) is 2.27. The molecule has 106 valence electrons. The molecule has 0 radical (unpaired) electrons. The lowest BCUT2D eigenvalue weighted by atomic mass is 9.94. The van der Waals surface area contributed by atoms with Crippen molar-refractivity contribution in [1.29, 1.82) is 0 Å². The Labute approximate surface area is 112 Å². The van der Waals surface area contributed by atoms with Gasteiger partial charge in [-0.1, -0.05) is 26.7 Å². The Morgan fingerprint density at radius 3 is 2.56 bits per heavy atom. The minimum absolute atomic E-state index is 0.414. The molecule has 0 amide bonds. The first kappa shape index (κ1) is 14.3. The molecule has 3 nitrogen and oxygen atoms in total. The molecule has 1 heterocycles. The van der Waals surface area contributed by atoms with E-state index in [1.54, 1.807) is 0 Å². The monoisotopic (exact) mass is 254 g/mol. The van der Waals surface area contributed by atoms with Gasteiger partial charge in [0, 0.05) is 25.2 Å². The second-order valence-corrected chi connectivity index (χ2v) is 6.50. The standard InChI is InChI=1S/C15H30N2O/c1-13(2)14(11-18-3)17-10-6-9-16-15(12-17)7-4-5-8-15/h13-14,16H,4-12H2,1-3H3. The van der Waals surface area contributed by atoms with Crippen molar-refractivity contribution >= 4 is 0 Å². The first-order chi connectivity index (χ1) is 8.67. The number of hydrogen-bond donors (Lipinski definition) is 1. The third kappa shape index (κ3) is 3.25. The van der Waals surface area contributed by atoms with E-state index in [0.717, 1.165) is 6.61 Å². The van der Waals surface area contributed by atoms with Crippen LogP contribution in [-0.4, -0.2) is 49.8 Å². The predicted molar refractivity (Wildman–Crippen MR) is 75.9 cm³/mol. The Morgan fingerprint density at radius 1 is 1.22 bits per heavy atom. The molecule has 2 fully saturated rings. The van der Waals surface area contributed by atoms with Gasteiger partial charge in [0.1, 0.15) is 0 Å². The van der Waals surface area contributed by atoms with Crippen LogP contribution in [0.25, 0.3) is 0 Å². The lowest BCUT2D eigenvalue weighted by Gasteiger charge is -2.39. The third-order valence-corrected chi connectivity index (χ3v) is 4.76. The summed E-state index contributed by atoms with van der Waals surface area (Å²) in [6.45, 7) is 9.15. The third-order valence-electron chi connectivity index (χ3n) is 4.76. The molecule has 2 aliphatic rings. The molecule has 1 atom stereocenters. The van der Waals surface area contributed by atoms with Gasteiger partial charge in [0.2, 0.25) is 0 Å². The molecule has 0 bridgehead atoms. The minimum Gasteiger partial charge on any atom is -0.383 e. The maximum atomic E-state index is 5.45. The summed E-state index contributed by atoms with van der Waals surface area (Å²) in [4.78, 5) is 2.69. The van der Waals surface area contributed by atoms with Gasteiger partial charge in [-0.05, 0) is 38.3 Å². The average molecular weight is 254 g/mol. The van der Waals surface area contributed by atoms with E-state index in [4.69, 9.17) is 4.74 Å². The summed E-state index contributed by atoms with van der Waals surface area (Å²) < 4.78 is 5.45. The van der Waals surface area contributed by atoms with E-state index in [0.29, 0.717) is 17.5 Å². The summed E-state index contributed by atoms with van der Waals surface area (Å²) in [6, 6.07) is 0.576. The quantitative estimate of drug-likeness (QED) is 0.833. The Balaban J connectivity index is 2.05. The highest BCUT2D eigenvalue weighted by molar-refractivity contribution is 4.98. The van der Waals surface area contributed by atoms with Crippen molar-refractivity contribution in [3.63, 3.8) is 0 Å². The van der Waals surface area contributed by atoms with E-state index >= 15 is 0 Å². The van der Waals surface area contributed by atoms with Crippen molar-refractivity contribution in [2.45, 2.75) is 57.5 Å². The van der Waals surface area contributed by atoms with Gasteiger partial charge < -0.3 is 10.1 Å². The SMILES string of the molecule is COCC(C(C)C)N1CCCNC2(CCCC2)C1. The maximum absolute atomic E-state index is 5.45. The van der Waals surface area contributed by atoms with Gasteiger partial charge >= 0.3 is 0 Å². The number of rotatable bonds is 4. The van der Waals surface area contributed by atoms with E-state index in [2.05, 4.69) is 24.1 Å². The van der Waals surface area contributed by atoms with Crippen LogP contribution in [0.4, 0.5) is 0 Å². The smallest absolute Gasteiger partial charge is 0.0620 e. The van der Waals surface area contributed by atoms with Crippen molar-refractivity contribution < 1.29 is 4.74 Å². The highest BCUT2D eigenvalue weighted by Crippen LogP contribution is 2.32. The first-order valence-corrected chi connectivity index (χ1v) is 7.65.